The van der Waals surface area contributed by atoms with Gasteiger partial charge in [0.2, 0.25) is 0 Å². The Morgan fingerprint density at radius 3 is 2.50 bits per heavy atom. The molecule has 5 nitrogen and oxygen atoms in total. The van der Waals surface area contributed by atoms with Gasteiger partial charge in [0.15, 0.2) is 0 Å². The molecule has 1 aliphatic heterocycles. The summed E-state index contributed by atoms with van der Waals surface area (Å²) in [5.41, 5.74) is 0.431. The summed E-state index contributed by atoms with van der Waals surface area (Å²) in [5.74, 6) is -0.544. The first-order chi connectivity index (χ1) is 8.51. The lowest BCUT2D eigenvalue weighted by Gasteiger charge is -1.99. The predicted octanol–water partition coefficient (Wildman–Crippen LogP) is 1.98. The minimum absolute atomic E-state index is 0.142. The summed E-state index contributed by atoms with van der Waals surface area (Å²) >= 11 is 0. The van der Waals surface area contributed by atoms with Gasteiger partial charge in [0.25, 0.3) is 0 Å². The molecule has 0 aromatic carbocycles. The molecule has 1 heterocycles. The van der Waals surface area contributed by atoms with Gasteiger partial charge in [0.05, 0.1) is 12.9 Å². The third-order valence-corrected chi connectivity index (χ3v) is 1.82. The Morgan fingerprint density at radius 2 is 2.11 bits per heavy atom. The first kappa shape index (κ1) is 16.4. The van der Waals surface area contributed by atoms with Crippen molar-refractivity contribution >= 4 is 11.9 Å². The molecule has 1 atom stereocenters. The molecule has 1 fully saturated rings. The zero-order valence-corrected chi connectivity index (χ0v) is 10.9. The van der Waals surface area contributed by atoms with Crippen LogP contribution in [-0.2, 0) is 23.8 Å². The first-order valence-electron chi connectivity index (χ1n) is 5.75. The van der Waals surface area contributed by atoms with Gasteiger partial charge < -0.3 is 14.2 Å². The summed E-state index contributed by atoms with van der Waals surface area (Å²) in [6.45, 7) is 11.3. The van der Waals surface area contributed by atoms with Crippen LogP contribution in [0.25, 0.3) is 0 Å². The summed E-state index contributed by atoms with van der Waals surface area (Å²) in [7, 11) is 0. The van der Waals surface area contributed by atoms with Crippen LogP contribution in [0.5, 0.6) is 0 Å². The molecule has 0 aromatic heterocycles. The maximum atomic E-state index is 10.7. The Morgan fingerprint density at radius 1 is 1.50 bits per heavy atom. The van der Waals surface area contributed by atoms with E-state index in [4.69, 9.17) is 9.47 Å². The number of carbonyl (C=O) groups excluding carboxylic acids is 2. The fourth-order valence-corrected chi connectivity index (χ4v) is 0.812. The molecule has 0 N–H and O–H groups in total. The van der Waals surface area contributed by atoms with Crippen LogP contribution in [0.2, 0.25) is 0 Å². The molecule has 0 saturated carbocycles. The highest BCUT2D eigenvalue weighted by molar-refractivity contribution is 5.86. The Bertz CT molecular complexity index is 305. The summed E-state index contributed by atoms with van der Waals surface area (Å²) in [4.78, 5) is 21.0. The van der Waals surface area contributed by atoms with Gasteiger partial charge in [0.1, 0.15) is 12.7 Å². The molecule has 1 unspecified atom stereocenters. The van der Waals surface area contributed by atoms with E-state index in [0.29, 0.717) is 25.2 Å². The Kier molecular flexibility index (Phi) is 8.57. The number of esters is 2. The highest BCUT2D eigenvalue weighted by Crippen LogP contribution is 2.09. The molecular formula is C13H20O5. The van der Waals surface area contributed by atoms with E-state index in [2.05, 4.69) is 17.9 Å². The number of epoxide rings is 1. The van der Waals surface area contributed by atoms with Gasteiger partial charge in [-0.3, -0.25) is 4.79 Å². The van der Waals surface area contributed by atoms with E-state index in [1.165, 1.54) is 0 Å². The van der Waals surface area contributed by atoms with Crippen molar-refractivity contribution in [3.8, 4) is 0 Å². The van der Waals surface area contributed by atoms with Crippen LogP contribution in [-0.4, -0.2) is 31.3 Å². The Hall–Kier alpha value is -1.62. The number of rotatable bonds is 6. The largest absolute Gasteiger partial charge is 0.459 e. The van der Waals surface area contributed by atoms with Gasteiger partial charge in [-0.2, -0.15) is 0 Å². The molecule has 0 spiro atoms. The third kappa shape index (κ3) is 9.59. The first-order valence-corrected chi connectivity index (χ1v) is 5.75. The number of hydrogen-bond acceptors (Lipinski definition) is 5. The van der Waals surface area contributed by atoms with Gasteiger partial charge in [-0.15, -0.1) is 0 Å². The predicted molar refractivity (Wildman–Crippen MR) is 66.7 cm³/mol. The van der Waals surface area contributed by atoms with Crippen molar-refractivity contribution in [3.63, 3.8) is 0 Å². The molecule has 18 heavy (non-hydrogen) atoms. The van der Waals surface area contributed by atoms with Crippen LogP contribution in [0, 0.1) is 0 Å². The summed E-state index contributed by atoms with van der Waals surface area (Å²) in [6, 6.07) is 0. The minimum Gasteiger partial charge on any atom is -0.459 e. The van der Waals surface area contributed by atoms with Crippen molar-refractivity contribution in [2.75, 3.05) is 13.2 Å². The van der Waals surface area contributed by atoms with E-state index in [1.54, 1.807) is 6.92 Å². The average molecular weight is 256 g/mol. The molecular weight excluding hydrogens is 236 g/mol. The van der Waals surface area contributed by atoms with Crippen LogP contribution in [0.3, 0.4) is 0 Å². The highest BCUT2D eigenvalue weighted by Gasteiger charge is 2.24. The lowest BCUT2D eigenvalue weighted by Crippen LogP contribution is -2.09. The molecule has 0 aliphatic carbocycles. The van der Waals surface area contributed by atoms with Crippen molar-refractivity contribution in [2.24, 2.45) is 0 Å². The summed E-state index contributed by atoms with van der Waals surface area (Å²) in [5, 5.41) is 0. The van der Waals surface area contributed by atoms with Crippen molar-refractivity contribution < 1.29 is 23.8 Å². The average Bonchev–Trinajstić information content (AvgIpc) is 3.11. The van der Waals surface area contributed by atoms with Gasteiger partial charge in [-0.05, 0) is 13.3 Å². The van der Waals surface area contributed by atoms with Gasteiger partial charge in [-0.25, -0.2) is 4.79 Å². The van der Waals surface area contributed by atoms with E-state index < -0.39 is 0 Å². The molecule has 1 saturated heterocycles. The second-order valence-corrected chi connectivity index (χ2v) is 3.74. The number of carbonyl (C=O) groups is 2. The standard InChI is InChI=1S/C7H10O3.C6H10O2/c1-5(2)7(8)10-4-6-3-9-6;1-3-5-6(7)8-4-2/h6H,1,3-4H2,2H3;4H,2-3,5H2,1H3. The lowest BCUT2D eigenvalue weighted by atomic mass is 10.3. The maximum Gasteiger partial charge on any atom is 0.333 e. The minimum atomic E-state index is -0.337. The molecule has 0 radical (unpaired) electrons. The zero-order chi connectivity index (χ0) is 14.0. The highest BCUT2D eigenvalue weighted by atomic mass is 16.6. The van der Waals surface area contributed by atoms with E-state index in [-0.39, 0.29) is 18.0 Å². The lowest BCUT2D eigenvalue weighted by molar-refractivity contribution is -0.139. The van der Waals surface area contributed by atoms with Crippen molar-refractivity contribution in [1.82, 2.24) is 0 Å². The number of hydrogen-bond donors (Lipinski definition) is 0. The van der Waals surface area contributed by atoms with E-state index in [0.717, 1.165) is 12.7 Å². The van der Waals surface area contributed by atoms with E-state index >= 15 is 0 Å². The van der Waals surface area contributed by atoms with Crippen LogP contribution in [0.4, 0.5) is 0 Å². The Balaban J connectivity index is 0.000000331. The second-order valence-electron chi connectivity index (χ2n) is 3.74. The van der Waals surface area contributed by atoms with Gasteiger partial charge in [-0.1, -0.05) is 20.1 Å². The summed E-state index contributed by atoms with van der Waals surface area (Å²) < 4.78 is 14.0. The molecule has 5 heteroatoms. The smallest absolute Gasteiger partial charge is 0.333 e. The maximum absolute atomic E-state index is 10.7. The second kappa shape index (κ2) is 9.41. The van der Waals surface area contributed by atoms with Crippen molar-refractivity contribution in [1.29, 1.82) is 0 Å². The zero-order valence-electron chi connectivity index (χ0n) is 10.9. The Labute approximate surface area is 107 Å². The van der Waals surface area contributed by atoms with Gasteiger partial charge >= 0.3 is 11.9 Å². The van der Waals surface area contributed by atoms with E-state index in [9.17, 15) is 9.59 Å². The topological polar surface area (TPSA) is 65.1 Å². The van der Waals surface area contributed by atoms with Crippen molar-refractivity contribution in [3.05, 3.63) is 25.0 Å². The fourth-order valence-electron chi connectivity index (χ4n) is 0.812. The van der Waals surface area contributed by atoms with E-state index in [1.807, 2.05) is 6.92 Å². The molecule has 0 aromatic rings. The van der Waals surface area contributed by atoms with Crippen molar-refractivity contribution in [2.45, 2.75) is 32.8 Å². The van der Waals surface area contributed by atoms with Crippen LogP contribution >= 0.6 is 0 Å². The normalized spacial score (nSPS) is 15.8. The fraction of sp³-hybridized carbons (Fsp3) is 0.538. The van der Waals surface area contributed by atoms with Crippen LogP contribution in [0.1, 0.15) is 26.7 Å². The SMILES string of the molecule is C=C(C)C(=O)OCC1CO1.C=COC(=O)CCC. The molecule has 0 bridgehead atoms. The third-order valence-electron chi connectivity index (χ3n) is 1.82. The van der Waals surface area contributed by atoms with Crippen LogP contribution < -0.4 is 0 Å². The van der Waals surface area contributed by atoms with Crippen LogP contribution in [0.15, 0.2) is 25.0 Å². The molecule has 102 valence electrons. The summed E-state index contributed by atoms with van der Waals surface area (Å²) in [6.07, 6.45) is 2.60. The number of ether oxygens (including phenoxy) is 3. The molecule has 0 amide bonds. The van der Waals surface area contributed by atoms with Gasteiger partial charge in [0, 0.05) is 12.0 Å². The molecule has 1 rings (SSSR count). The monoisotopic (exact) mass is 256 g/mol. The molecule has 1 aliphatic rings. The quantitative estimate of drug-likeness (QED) is 0.314.